The molecular weight excluding hydrogens is 1090 g/mol. The van der Waals surface area contributed by atoms with Gasteiger partial charge in [0.2, 0.25) is 0 Å². The third kappa shape index (κ3) is 68.0. The molecule has 0 aromatic rings. The quantitative estimate of drug-likeness (QED) is 0.0195. The number of phosphoric ester groups is 1. The predicted octanol–water partition coefficient (Wildman–Crippen LogP) is 21.1. The van der Waals surface area contributed by atoms with Crippen molar-refractivity contribution in [2.24, 2.45) is 0 Å². The van der Waals surface area contributed by atoms with Gasteiger partial charge in [-0.1, -0.05) is 260 Å². The zero-order chi connectivity index (χ0) is 62.6. The van der Waals surface area contributed by atoms with E-state index in [1.807, 2.05) is 21.1 Å². The second kappa shape index (κ2) is 64.3. The number of hydrogen-bond donors (Lipinski definition) is 0. The van der Waals surface area contributed by atoms with Crippen LogP contribution >= 0.6 is 7.82 Å². The van der Waals surface area contributed by atoms with Crippen molar-refractivity contribution in [2.45, 2.75) is 225 Å². The molecule has 2 atom stereocenters. The highest BCUT2D eigenvalue weighted by Gasteiger charge is 2.22. The fourth-order valence-electron chi connectivity index (χ4n) is 8.10. The van der Waals surface area contributed by atoms with Crippen LogP contribution in [0.1, 0.15) is 219 Å². The fourth-order valence-corrected chi connectivity index (χ4v) is 8.83. The Hall–Kier alpha value is -5.15. The summed E-state index contributed by atoms with van der Waals surface area (Å²) in [4.78, 5) is 38.0. The lowest BCUT2D eigenvalue weighted by atomic mass is 10.0. The summed E-state index contributed by atoms with van der Waals surface area (Å²) in [6.07, 6.45) is 101. The number of allylic oxidation sites excluding steroid dienone is 32. The number of hydrogen-bond acceptors (Lipinski definition) is 8. The van der Waals surface area contributed by atoms with E-state index in [1.54, 1.807) is 0 Å². The maximum atomic E-state index is 12.9. The summed E-state index contributed by atoms with van der Waals surface area (Å²) in [5, 5.41) is 0. The summed E-state index contributed by atoms with van der Waals surface area (Å²) in [6, 6.07) is 0. The number of carbonyl (C=O) groups is 2. The minimum atomic E-state index is -4.67. The van der Waals surface area contributed by atoms with Crippen molar-refractivity contribution in [1.29, 1.82) is 0 Å². The van der Waals surface area contributed by atoms with Crippen LogP contribution in [0.4, 0.5) is 0 Å². The summed E-state index contributed by atoms with van der Waals surface area (Å²) in [7, 11) is 1.11. The Kier molecular flexibility index (Phi) is 60.5. The van der Waals surface area contributed by atoms with Gasteiger partial charge >= 0.3 is 11.9 Å². The Labute approximate surface area is 526 Å². The molecule has 86 heavy (non-hydrogen) atoms. The normalized spacial score (nSPS) is 14.4. The molecule has 0 radical (unpaired) electrons. The Morgan fingerprint density at radius 3 is 0.953 bits per heavy atom. The third-order valence-electron chi connectivity index (χ3n) is 13.1. The minimum Gasteiger partial charge on any atom is -0.756 e. The lowest BCUT2D eigenvalue weighted by molar-refractivity contribution is -0.870. The van der Waals surface area contributed by atoms with Crippen LogP contribution in [0.25, 0.3) is 0 Å². The van der Waals surface area contributed by atoms with Crippen molar-refractivity contribution in [3.8, 4) is 0 Å². The Bertz CT molecular complexity index is 2150. The highest BCUT2D eigenvalue weighted by Crippen LogP contribution is 2.38. The molecule has 0 aliphatic carbocycles. The molecular formula is C76H120NO8P. The van der Waals surface area contributed by atoms with Crippen LogP contribution in [0.5, 0.6) is 0 Å². The van der Waals surface area contributed by atoms with Gasteiger partial charge in [0, 0.05) is 12.8 Å². The molecule has 2 unspecified atom stereocenters. The van der Waals surface area contributed by atoms with E-state index < -0.39 is 32.5 Å². The zero-order valence-electron chi connectivity index (χ0n) is 54.7. The number of rotatable bonds is 58. The minimum absolute atomic E-state index is 0.0503. The van der Waals surface area contributed by atoms with E-state index in [9.17, 15) is 19.0 Å². The van der Waals surface area contributed by atoms with Crippen LogP contribution in [-0.2, 0) is 32.7 Å². The number of ether oxygens (including phenoxy) is 2. The number of carbonyl (C=O) groups excluding carboxylic acids is 2. The van der Waals surface area contributed by atoms with E-state index >= 15 is 0 Å². The molecule has 0 aliphatic heterocycles. The first-order valence-corrected chi connectivity index (χ1v) is 34.6. The number of esters is 2. The molecule has 0 aromatic heterocycles. The smallest absolute Gasteiger partial charge is 0.306 e. The number of phosphoric acid groups is 1. The lowest BCUT2D eigenvalue weighted by Gasteiger charge is -2.28. The molecule has 0 amide bonds. The van der Waals surface area contributed by atoms with Crippen molar-refractivity contribution < 1.29 is 42.1 Å². The molecule has 0 spiro atoms. The van der Waals surface area contributed by atoms with Crippen LogP contribution < -0.4 is 4.89 Å². The molecule has 9 nitrogen and oxygen atoms in total. The number of quaternary nitrogens is 1. The molecule has 0 aliphatic rings. The van der Waals surface area contributed by atoms with Crippen molar-refractivity contribution in [3.63, 3.8) is 0 Å². The van der Waals surface area contributed by atoms with Crippen LogP contribution in [0, 0.1) is 0 Å². The molecule has 10 heteroatoms. The first-order valence-electron chi connectivity index (χ1n) is 33.1. The average molecular weight is 1210 g/mol. The van der Waals surface area contributed by atoms with E-state index in [2.05, 4.69) is 208 Å². The van der Waals surface area contributed by atoms with Crippen LogP contribution in [0.3, 0.4) is 0 Å². The van der Waals surface area contributed by atoms with E-state index in [4.69, 9.17) is 18.5 Å². The van der Waals surface area contributed by atoms with Crippen molar-refractivity contribution >= 4 is 19.8 Å². The summed E-state index contributed by atoms with van der Waals surface area (Å²) >= 11 is 0. The van der Waals surface area contributed by atoms with Gasteiger partial charge in [-0.15, -0.1) is 0 Å². The largest absolute Gasteiger partial charge is 0.756 e. The second-order valence-electron chi connectivity index (χ2n) is 22.4. The van der Waals surface area contributed by atoms with Gasteiger partial charge in [-0.25, -0.2) is 0 Å². The molecule has 0 aromatic carbocycles. The lowest BCUT2D eigenvalue weighted by Crippen LogP contribution is -2.37. The van der Waals surface area contributed by atoms with E-state index in [1.165, 1.54) is 38.5 Å². The number of nitrogens with zero attached hydrogens (tertiary/aromatic N) is 1. The predicted molar refractivity (Wildman–Crippen MR) is 369 cm³/mol. The van der Waals surface area contributed by atoms with Crippen molar-refractivity contribution in [1.82, 2.24) is 0 Å². The summed E-state index contributed by atoms with van der Waals surface area (Å²) in [5.41, 5.74) is 0. The van der Waals surface area contributed by atoms with Gasteiger partial charge < -0.3 is 27.9 Å². The molecule has 0 rings (SSSR count). The SMILES string of the molecule is CC/C=C\C/C=C\C/C=C\C/C=C\C/C=C\C/C=C\C/C=C\C/C=C\CCCCCCCCCCCCC(=O)OC(COC(=O)CCCC/C=C\C/C=C\C/C=C\C/C=C\C/C=C\C/C=C\C/C=C\C/C=C\CC)COP(=O)([O-])OCC[N+](C)(C)C. The molecule has 0 saturated carbocycles. The Morgan fingerprint density at radius 1 is 0.360 bits per heavy atom. The van der Waals surface area contributed by atoms with Gasteiger partial charge in [0.05, 0.1) is 27.7 Å². The fraction of sp³-hybridized carbons (Fsp3) is 0.553. The number of likely N-dealkylation sites (N-methyl/N-ethyl adjacent to an activating group) is 1. The zero-order valence-corrected chi connectivity index (χ0v) is 55.6. The molecule has 0 bridgehead atoms. The maximum Gasteiger partial charge on any atom is 0.306 e. The van der Waals surface area contributed by atoms with Gasteiger partial charge in [-0.05, 0) is 141 Å². The summed E-state index contributed by atoms with van der Waals surface area (Å²) < 4.78 is 34.2. The monoisotopic (exact) mass is 1210 g/mol. The molecule has 482 valence electrons. The standard InChI is InChI=1S/C76H120NO8P/c1-6-8-10-12-14-16-18-20-22-24-26-28-30-32-34-35-36-37-38-39-40-41-43-45-47-49-51-53-55-57-59-61-63-65-67-69-76(79)85-74(73-84-86(80,81)83-71-70-77(3,4)5)72-82-75(78)68-66-64-62-60-58-56-54-52-50-48-46-44-42-33-31-29-27-25-23-21-19-17-15-13-11-9-7-2/h8-11,14-17,20-23,26-29,32-34,36-37,39-40,42-43,45-46,48,52,54,58,60,74H,6-7,12-13,18-19,24-25,30-31,35,38,41,44,47,49-51,53,55-57,59,61-73H2,1-5H3/b10-8-,11-9-,16-14-,17-15-,22-20-,23-21-,28-26-,29-27-,34-32-,37-36-,40-39-,42-33-,45-43-,48-46-,54-52-,60-58-. The average Bonchev–Trinajstić information content (AvgIpc) is 3.56. The summed E-state index contributed by atoms with van der Waals surface area (Å²) in [6.45, 7) is 3.93. The Morgan fingerprint density at radius 2 is 0.628 bits per heavy atom. The van der Waals surface area contributed by atoms with Gasteiger partial charge in [-0.2, -0.15) is 0 Å². The topological polar surface area (TPSA) is 111 Å². The van der Waals surface area contributed by atoms with Crippen molar-refractivity contribution in [3.05, 3.63) is 194 Å². The first-order chi connectivity index (χ1) is 42.0. The Balaban J connectivity index is 4.24. The van der Waals surface area contributed by atoms with E-state index in [-0.39, 0.29) is 26.1 Å². The highest BCUT2D eigenvalue weighted by molar-refractivity contribution is 7.45. The third-order valence-corrected chi connectivity index (χ3v) is 14.1. The molecule has 0 heterocycles. The maximum absolute atomic E-state index is 12.9. The molecule has 0 fully saturated rings. The van der Waals surface area contributed by atoms with Crippen molar-refractivity contribution in [2.75, 3.05) is 47.5 Å². The second-order valence-corrected chi connectivity index (χ2v) is 23.8. The van der Waals surface area contributed by atoms with E-state index in [0.717, 1.165) is 141 Å². The van der Waals surface area contributed by atoms with Gasteiger partial charge in [0.1, 0.15) is 19.8 Å². The van der Waals surface area contributed by atoms with Gasteiger partial charge in [-0.3, -0.25) is 14.2 Å². The first kappa shape index (κ1) is 80.8. The van der Waals surface area contributed by atoms with Crippen LogP contribution in [0.2, 0.25) is 0 Å². The van der Waals surface area contributed by atoms with E-state index in [0.29, 0.717) is 23.9 Å². The van der Waals surface area contributed by atoms with Gasteiger partial charge in [0.15, 0.2) is 6.10 Å². The molecule has 0 N–H and O–H groups in total. The van der Waals surface area contributed by atoms with Crippen LogP contribution in [0.15, 0.2) is 194 Å². The molecule has 0 saturated heterocycles. The number of unbranched alkanes of at least 4 members (excludes halogenated alkanes) is 12. The van der Waals surface area contributed by atoms with Crippen LogP contribution in [-0.4, -0.2) is 70.0 Å². The van der Waals surface area contributed by atoms with Gasteiger partial charge in [0.25, 0.3) is 7.82 Å². The summed E-state index contributed by atoms with van der Waals surface area (Å²) in [5.74, 6) is -0.906. The highest BCUT2D eigenvalue weighted by atomic mass is 31.2.